The molecule has 0 spiro atoms. The minimum atomic E-state index is 1.12. The molecule has 1 aliphatic carbocycles. The Morgan fingerprint density at radius 1 is 0.444 bits per heavy atom. The SMILES string of the molecule is c1ccc(N(c2ccc(-c3ccccc3-n3c4ccccc4c4ccc5c(c43)CCCC5)cc2)c2cc3ccc4ccccc4c3c3ccccc23)cc1. The second-order valence-electron chi connectivity index (χ2n) is 14.7. The maximum absolute atomic E-state index is 2.55. The Kier molecular flexibility index (Phi) is 7.16. The molecule has 1 heterocycles. The fourth-order valence-electron chi connectivity index (χ4n) is 9.30. The normalized spacial score (nSPS) is 12.9. The van der Waals surface area contributed by atoms with Gasteiger partial charge in [-0.3, -0.25) is 0 Å². The summed E-state index contributed by atoms with van der Waals surface area (Å²) in [6.45, 7) is 0. The van der Waals surface area contributed by atoms with Crippen molar-refractivity contribution >= 4 is 71.2 Å². The van der Waals surface area contributed by atoms with Gasteiger partial charge < -0.3 is 9.47 Å². The van der Waals surface area contributed by atoms with E-state index in [1.807, 2.05) is 0 Å². The van der Waals surface area contributed by atoms with Crippen molar-refractivity contribution in [1.82, 2.24) is 4.57 Å². The smallest absolute Gasteiger partial charge is 0.0576 e. The van der Waals surface area contributed by atoms with Gasteiger partial charge >= 0.3 is 0 Å². The molecule has 0 amide bonds. The van der Waals surface area contributed by atoms with Gasteiger partial charge in [-0.1, -0.05) is 140 Å². The van der Waals surface area contributed by atoms with Crippen LogP contribution in [0, 0.1) is 0 Å². The van der Waals surface area contributed by atoms with E-state index < -0.39 is 0 Å². The molecule has 2 heteroatoms. The number of hydrogen-bond acceptors (Lipinski definition) is 1. The fourth-order valence-corrected chi connectivity index (χ4v) is 9.30. The zero-order valence-corrected chi connectivity index (χ0v) is 30.0. The van der Waals surface area contributed by atoms with Gasteiger partial charge in [0.05, 0.1) is 22.4 Å². The minimum Gasteiger partial charge on any atom is -0.310 e. The molecular formula is C52H38N2. The van der Waals surface area contributed by atoms with Gasteiger partial charge in [-0.25, -0.2) is 0 Å². The van der Waals surface area contributed by atoms with E-state index >= 15 is 0 Å². The molecule has 0 N–H and O–H groups in total. The molecule has 0 fully saturated rings. The van der Waals surface area contributed by atoms with E-state index in [9.17, 15) is 0 Å². The van der Waals surface area contributed by atoms with Gasteiger partial charge in [0.2, 0.25) is 0 Å². The molecular weight excluding hydrogens is 653 g/mol. The van der Waals surface area contributed by atoms with Gasteiger partial charge in [-0.2, -0.15) is 0 Å². The van der Waals surface area contributed by atoms with Crippen LogP contribution in [0.5, 0.6) is 0 Å². The van der Waals surface area contributed by atoms with Crippen molar-refractivity contribution < 1.29 is 0 Å². The number of benzene rings is 9. The topological polar surface area (TPSA) is 8.17 Å². The standard InChI is InChI=1S/C52H38N2/c1-2-16-39(17-3-1)53(50-34-38-27-26-35-14-4-6-19-42(35)51(38)46-23-9-8-21-44(46)50)40-31-28-37(29-32-40)41-18-10-12-24-48(41)54-49-25-13-11-22-45(49)47-33-30-36-15-5-7-20-43(36)52(47)54/h1-4,6,8-14,16-19,21-34H,5,7,15,20H2. The molecule has 0 radical (unpaired) electrons. The van der Waals surface area contributed by atoms with Crippen molar-refractivity contribution in [2.75, 3.05) is 4.90 Å². The molecule has 0 saturated heterocycles. The lowest BCUT2D eigenvalue weighted by molar-refractivity contribution is 0.688. The first-order valence-corrected chi connectivity index (χ1v) is 19.2. The second-order valence-corrected chi connectivity index (χ2v) is 14.7. The number of rotatable bonds is 5. The van der Waals surface area contributed by atoms with Crippen LogP contribution in [0.15, 0.2) is 182 Å². The Morgan fingerprint density at radius 3 is 1.98 bits per heavy atom. The van der Waals surface area contributed by atoms with Crippen LogP contribution in [-0.4, -0.2) is 4.57 Å². The summed E-state index contributed by atoms with van der Waals surface area (Å²) >= 11 is 0. The van der Waals surface area contributed by atoms with Gasteiger partial charge in [0.1, 0.15) is 0 Å². The summed E-state index contributed by atoms with van der Waals surface area (Å²) in [5.74, 6) is 0. The summed E-state index contributed by atoms with van der Waals surface area (Å²) in [6, 6.07) is 67.2. The predicted molar refractivity (Wildman–Crippen MR) is 230 cm³/mol. The molecule has 0 unspecified atom stereocenters. The summed E-state index contributed by atoms with van der Waals surface area (Å²) in [6.07, 6.45) is 4.82. The Bertz CT molecular complexity index is 3040. The van der Waals surface area contributed by atoms with Crippen molar-refractivity contribution in [3.63, 3.8) is 0 Å². The molecule has 256 valence electrons. The number of aromatic nitrogens is 1. The van der Waals surface area contributed by atoms with E-state index in [-0.39, 0.29) is 0 Å². The van der Waals surface area contributed by atoms with Crippen molar-refractivity contribution in [2.24, 2.45) is 0 Å². The molecule has 0 bridgehead atoms. The third-order valence-electron chi connectivity index (χ3n) is 11.7. The predicted octanol–water partition coefficient (Wildman–Crippen LogP) is 14.3. The zero-order chi connectivity index (χ0) is 35.6. The third-order valence-corrected chi connectivity index (χ3v) is 11.7. The largest absolute Gasteiger partial charge is 0.310 e. The molecule has 1 aliphatic rings. The van der Waals surface area contributed by atoms with Crippen LogP contribution >= 0.6 is 0 Å². The molecule has 2 nitrogen and oxygen atoms in total. The van der Waals surface area contributed by atoms with Crippen molar-refractivity contribution in [2.45, 2.75) is 25.7 Å². The van der Waals surface area contributed by atoms with E-state index in [0.29, 0.717) is 0 Å². The number of aryl methyl sites for hydroxylation is 2. The van der Waals surface area contributed by atoms with E-state index in [0.717, 1.165) is 24.2 Å². The van der Waals surface area contributed by atoms with E-state index in [2.05, 4.69) is 191 Å². The number of anilines is 3. The summed E-state index contributed by atoms with van der Waals surface area (Å²) < 4.78 is 2.55. The quantitative estimate of drug-likeness (QED) is 0.163. The van der Waals surface area contributed by atoms with Crippen LogP contribution < -0.4 is 4.90 Å². The Morgan fingerprint density at radius 2 is 1.11 bits per heavy atom. The third kappa shape index (κ3) is 4.80. The molecule has 1 aromatic heterocycles. The lowest BCUT2D eigenvalue weighted by Gasteiger charge is -2.28. The molecule has 0 atom stereocenters. The highest BCUT2D eigenvalue weighted by atomic mass is 15.1. The second kappa shape index (κ2) is 12.5. The number of hydrogen-bond donors (Lipinski definition) is 0. The Labute approximate surface area is 315 Å². The Hall–Kier alpha value is -6.64. The maximum atomic E-state index is 2.55. The van der Waals surface area contributed by atoms with Crippen LogP contribution in [0.4, 0.5) is 17.1 Å². The highest BCUT2D eigenvalue weighted by Crippen LogP contribution is 2.45. The van der Waals surface area contributed by atoms with Gasteiger partial charge in [-0.05, 0) is 112 Å². The lowest BCUT2D eigenvalue weighted by atomic mass is 9.89. The number of nitrogens with zero attached hydrogens (tertiary/aromatic N) is 2. The first kappa shape index (κ1) is 30.9. The van der Waals surface area contributed by atoms with Gasteiger partial charge in [-0.15, -0.1) is 0 Å². The van der Waals surface area contributed by atoms with E-state index in [1.165, 1.54) is 101 Å². The van der Waals surface area contributed by atoms with E-state index in [1.54, 1.807) is 0 Å². The van der Waals surface area contributed by atoms with Crippen molar-refractivity contribution in [3.05, 3.63) is 193 Å². The van der Waals surface area contributed by atoms with Gasteiger partial charge in [0, 0.05) is 33.1 Å². The molecule has 54 heavy (non-hydrogen) atoms. The average Bonchev–Trinajstić information content (AvgIpc) is 3.59. The van der Waals surface area contributed by atoms with E-state index in [4.69, 9.17) is 0 Å². The first-order chi connectivity index (χ1) is 26.8. The summed E-state index contributed by atoms with van der Waals surface area (Å²) in [7, 11) is 0. The molecule has 9 aromatic carbocycles. The first-order valence-electron chi connectivity index (χ1n) is 19.2. The van der Waals surface area contributed by atoms with Crippen LogP contribution in [0.1, 0.15) is 24.0 Å². The summed E-state index contributed by atoms with van der Waals surface area (Å²) in [5.41, 5.74) is 12.8. The lowest BCUT2D eigenvalue weighted by Crippen LogP contribution is -2.10. The van der Waals surface area contributed by atoms with Crippen LogP contribution in [-0.2, 0) is 12.8 Å². The van der Waals surface area contributed by atoms with Crippen molar-refractivity contribution in [3.8, 4) is 16.8 Å². The van der Waals surface area contributed by atoms with Gasteiger partial charge in [0.25, 0.3) is 0 Å². The maximum Gasteiger partial charge on any atom is 0.0576 e. The fraction of sp³-hybridized carbons (Fsp3) is 0.0769. The van der Waals surface area contributed by atoms with Crippen LogP contribution in [0.2, 0.25) is 0 Å². The highest BCUT2D eigenvalue weighted by Gasteiger charge is 2.22. The molecule has 0 saturated carbocycles. The van der Waals surface area contributed by atoms with Gasteiger partial charge in [0.15, 0.2) is 0 Å². The number of para-hydroxylation sites is 3. The summed E-state index contributed by atoms with van der Waals surface area (Å²) in [5, 5.41) is 10.3. The van der Waals surface area contributed by atoms with Crippen LogP contribution in [0.25, 0.3) is 70.9 Å². The average molecular weight is 691 g/mol. The Balaban J connectivity index is 1.09. The molecule has 11 rings (SSSR count). The number of fused-ring (bicyclic) bond motifs is 10. The zero-order valence-electron chi connectivity index (χ0n) is 30.0. The van der Waals surface area contributed by atoms with Crippen LogP contribution in [0.3, 0.4) is 0 Å². The monoisotopic (exact) mass is 690 g/mol. The molecule has 10 aromatic rings. The summed E-state index contributed by atoms with van der Waals surface area (Å²) in [4.78, 5) is 2.42. The van der Waals surface area contributed by atoms with Crippen molar-refractivity contribution in [1.29, 1.82) is 0 Å². The molecule has 0 aliphatic heterocycles. The highest BCUT2D eigenvalue weighted by molar-refractivity contribution is 6.23. The minimum absolute atomic E-state index is 1.12.